The summed E-state index contributed by atoms with van der Waals surface area (Å²) in [4.78, 5) is 11.8. The smallest absolute Gasteiger partial charge is 0.354 e. The number of rotatable bonds is 4. The van der Waals surface area contributed by atoms with Gasteiger partial charge in [-0.3, -0.25) is 0 Å². The fraction of sp³-hybridized carbons (Fsp3) is 0.438. The van der Waals surface area contributed by atoms with Gasteiger partial charge in [0.1, 0.15) is 0 Å². The summed E-state index contributed by atoms with van der Waals surface area (Å²) in [5.41, 5.74) is 2.67. The normalized spacial score (nSPS) is 18.8. The molecule has 1 aliphatic heterocycles. The minimum absolute atomic E-state index is 0.0890. The minimum Gasteiger partial charge on any atom is -0.461 e. The molecule has 106 valence electrons. The molecule has 1 aromatic carbocycles. The van der Waals surface area contributed by atoms with Crippen molar-refractivity contribution < 1.29 is 9.53 Å². The first kappa shape index (κ1) is 14.4. The van der Waals surface area contributed by atoms with Crippen molar-refractivity contribution in [2.45, 2.75) is 33.1 Å². The number of benzene rings is 1. The second-order valence-electron chi connectivity index (χ2n) is 4.97. The van der Waals surface area contributed by atoms with E-state index in [0.717, 1.165) is 25.0 Å². The van der Waals surface area contributed by atoms with Gasteiger partial charge in [0.15, 0.2) is 5.71 Å². The van der Waals surface area contributed by atoms with Crippen LogP contribution in [0.15, 0.2) is 40.5 Å². The van der Waals surface area contributed by atoms with Crippen LogP contribution in [-0.2, 0) is 16.0 Å². The molecule has 1 aromatic rings. The van der Waals surface area contributed by atoms with Gasteiger partial charge in [0.2, 0.25) is 0 Å². The minimum atomic E-state index is -0.343. The van der Waals surface area contributed by atoms with Crippen molar-refractivity contribution in [3.8, 4) is 0 Å². The molecule has 0 fully saturated rings. The first-order chi connectivity index (χ1) is 9.70. The van der Waals surface area contributed by atoms with E-state index in [4.69, 9.17) is 4.74 Å². The first-order valence-corrected chi connectivity index (χ1v) is 7.05. The van der Waals surface area contributed by atoms with Gasteiger partial charge < -0.3 is 4.74 Å². The Morgan fingerprint density at radius 3 is 2.75 bits per heavy atom. The number of esters is 1. The molecule has 2 rings (SSSR count). The van der Waals surface area contributed by atoms with Crippen LogP contribution in [0.5, 0.6) is 0 Å². The van der Waals surface area contributed by atoms with E-state index in [1.54, 1.807) is 6.92 Å². The van der Waals surface area contributed by atoms with Crippen LogP contribution in [0.3, 0.4) is 0 Å². The lowest BCUT2D eigenvalue weighted by Crippen LogP contribution is -2.23. The van der Waals surface area contributed by atoms with Crippen LogP contribution in [-0.4, -0.2) is 24.0 Å². The van der Waals surface area contributed by atoms with Gasteiger partial charge in [-0.15, -0.1) is 5.10 Å². The van der Waals surface area contributed by atoms with Crippen LogP contribution < -0.4 is 0 Å². The third-order valence-electron chi connectivity index (χ3n) is 3.37. The van der Waals surface area contributed by atoms with Crippen LogP contribution in [0, 0.1) is 5.92 Å². The fourth-order valence-electron chi connectivity index (χ4n) is 2.20. The van der Waals surface area contributed by atoms with Gasteiger partial charge in [-0.1, -0.05) is 37.3 Å². The summed E-state index contributed by atoms with van der Waals surface area (Å²) in [7, 11) is 0. The van der Waals surface area contributed by atoms with E-state index in [-0.39, 0.29) is 11.9 Å². The lowest BCUT2D eigenvalue weighted by molar-refractivity contribution is -0.135. The Balaban J connectivity index is 2.11. The number of ether oxygens (including phenoxy) is 1. The van der Waals surface area contributed by atoms with Gasteiger partial charge in [-0.2, -0.15) is 5.10 Å². The summed E-state index contributed by atoms with van der Waals surface area (Å²) < 4.78 is 5.02. The maximum absolute atomic E-state index is 11.8. The lowest BCUT2D eigenvalue weighted by atomic mass is 9.96. The Bertz CT molecular complexity index is 521. The molecule has 0 radical (unpaired) electrons. The van der Waals surface area contributed by atoms with Gasteiger partial charge >= 0.3 is 5.97 Å². The highest BCUT2D eigenvalue weighted by Gasteiger charge is 2.23. The summed E-state index contributed by atoms with van der Waals surface area (Å²) in [6.45, 7) is 4.16. The Kier molecular flexibility index (Phi) is 5.04. The van der Waals surface area contributed by atoms with Gasteiger partial charge in [0, 0.05) is 18.1 Å². The molecule has 0 N–H and O–H groups in total. The molecule has 4 nitrogen and oxygen atoms in total. The summed E-state index contributed by atoms with van der Waals surface area (Å²) in [5, 5.41) is 8.39. The van der Waals surface area contributed by atoms with E-state index in [0.29, 0.717) is 12.3 Å². The van der Waals surface area contributed by atoms with Crippen molar-refractivity contribution in [3.63, 3.8) is 0 Å². The largest absolute Gasteiger partial charge is 0.461 e. The van der Waals surface area contributed by atoms with Crippen LogP contribution in [0.25, 0.3) is 0 Å². The third kappa shape index (κ3) is 3.76. The zero-order valence-electron chi connectivity index (χ0n) is 12.0. The Hall–Kier alpha value is -1.97. The number of carbonyl (C=O) groups is 1. The van der Waals surface area contributed by atoms with Crippen LogP contribution in [0.2, 0.25) is 0 Å². The standard InChI is InChI=1S/C16H20N2O2/c1-3-20-16(19)15-12(2)9-10-14(17-18-15)11-13-7-5-4-6-8-13/h4-8,12H,3,9-11H2,1-2H3. The third-order valence-corrected chi connectivity index (χ3v) is 3.37. The average molecular weight is 272 g/mol. The van der Waals surface area contributed by atoms with Crippen molar-refractivity contribution in [1.82, 2.24) is 0 Å². The predicted octanol–water partition coefficient (Wildman–Crippen LogP) is 3.02. The SMILES string of the molecule is CCOC(=O)C1=NN=C(Cc2ccccc2)CCC1C. The second-order valence-corrected chi connectivity index (χ2v) is 4.97. The molecule has 4 heteroatoms. The highest BCUT2D eigenvalue weighted by molar-refractivity contribution is 6.37. The van der Waals surface area contributed by atoms with Gasteiger partial charge in [0.05, 0.1) is 6.61 Å². The van der Waals surface area contributed by atoms with Crippen molar-refractivity contribution >= 4 is 17.4 Å². The summed E-state index contributed by atoms with van der Waals surface area (Å²) in [6, 6.07) is 10.2. The highest BCUT2D eigenvalue weighted by atomic mass is 16.5. The molecule has 0 saturated carbocycles. The molecule has 1 atom stereocenters. The number of carbonyl (C=O) groups excluding carboxylic acids is 1. The van der Waals surface area contributed by atoms with E-state index in [9.17, 15) is 4.79 Å². The zero-order chi connectivity index (χ0) is 14.4. The molecule has 0 aliphatic carbocycles. The predicted molar refractivity (Wildman–Crippen MR) is 80.0 cm³/mol. The van der Waals surface area contributed by atoms with E-state index in [2.05, 4.69) is 22.3 Å². The molecule has 1 heterocycles. The average Bonchev–Trinajstić information content (AvgIpc) is 2.63. The fourth-order valence-corrected chi connectivity index (χ4v) is 2.20. The molecule has 1 aliphatic rings. The van der Waals surface area contributed by atoms with Gasteiger partial charge in [-0.05, 0) is 25.3 Å². The topological polar surface area (TPSA) is 51.0 Å². The molecule has 0 amide bonds. The van der Waals surface area contributed by atoms with Crippen molar-refractivity contribution in [1.29, 1.82) is 0 Å². The van der Waals surface area contributed by atoms with Crippen LogP contribution >= 0.6 is 0 Å². The molecule has 0 saturated heterocycles. The quantitative estimate of drug-likeness (QED) is 0.791. The Morgan fingerprint density at radius 1 is 1.30 bits per heavy atom. The summed E-state index contributed by atoms with van der Waals surface area (Å²) >= 11 is 0. The van der Waals surface area contributed by atoms with Crippen molar-refractivity contribution in [2.75, 3.05) is 6.61 Å². The summed E-state index contributed by atoms with van der Waals surface area (Å²) in [6.07, 6.45) is 2.53. The molecular formula is C16H20N2O2. The molecule has 0 bridgehead atoms. The van der Waals surface area contributed by atoms with Crippen LogP contribution in [0.1, 0.15) is 32.3 Å². The molecule has 20 heavy (non-hydrogen) atoms. The Labute approximate surface area is 119 Å². The van der Waals surface area contributed by atoms with E-state index >= 15 is 0 Å². The maximum Gasteiger partial charge on any atom is 0.354 e. The van der Waals surface area contributed by atoms with Crippen molar-refractivity contribution in [3.05, 3.63) is 35.9 Å². The monoisotopic (exact) mass is 272 g/mol. The van der Waals surface area contributed by atoms with E-state index in [1.807, 2.05) is 25.1 Å². The van der Waals surface area contributed by atoms with Crippen LogP contribution in [0.4, 0.5) is 0 Å². The number of nitrogens with zero attached hydrogens (tertiary/aromatic N) is 2. The number of hydrogen-bond donors (Lipinski definition) is 0. The highest BCUT2D eigenvalue weighted by Crippen LogP contribution is 2.16. The second kappa shape index (κ2) is 6.98. The first-order valence-electron chi connectivity index (χ1n) is 7.05. The van der Waals surface area contributed by atoms with Gasteiger partial charge in [-0.25, -0.2) is 4.79 Å². The maximum atomic E-state index is 11.8. The van der Waals surface area contributed by atoms with E-state index in [1.165, 1.54) is 5.56 Å². The van der Waals surface area contributed by atoms with Gasteiger partial charge in [0.25, 0.3) is 0 Å². The molecular weight excluding hydrogens is 252 g/mol. The molecule has 1 unspecified atom stereocenters. The number of hydrogen-bond acceptors (Lipinski definition) is 4. The molecule has 0 spiro atoms. The lowest BCUT2D eigenvalue weighted by Gasteiger charge is -2.09. The Morgan fingerprint density at radius 2 is 2.05 bits per heavy atom. The van der Waals surface area contributed by atoms with Crippen molar-refractivity contribution in [2.24, 2.45) is 16.1 Å². The van der Waals surface area contributed by atoms with E-state index < -0.39 is 0 Å². The molecule has 0 aromatic heterocycles. The summed E-state index contributed by atoms with van der Waals surface area (Å²) in [5.74, 6) is -0.254. The zero-order valence-corrected chi connectivity index (χ0v) is 12.0.